The zero-order chi connectivity index (χ0) is 23.9. The van der Waals surface area contributed by atoms with E-state index in [-0.39, 0.29) is 24.4 Å². The Morgan fingerprint density at radius 2 is 1.85 bits per heavy atom. The first kappa shape index (κ1) is 23.0. The molecule has 1 aliphatic carbocycles. The molecule has 1 N–H and O–H groups in total. The molecule has 1 fully saturated rings. The maximum absolute atomic E-state index is 13.9. The summed E-state index contributed by atoms with van der Waals surface area (Å²) in [6.45, 7) is 4.39. The van der Waals surface area contributed by atoms with E-state index in [1.54, 1.807) is 11.0 Å². The molecule has 1 unspecified atom stereocenters. The summed E-state index contributed by atoms with van der Waals surface area (Å²) in [6, 6.07) is 11.4. The summed E-state index contributed by atoms with van der Waals surface area (Å²) in [4.78, 5) is 29.4. The summed E-state index contributed by atoms with van der Waals surface area (Å²) in [5.41, 5.74) is 1.81. The van der Waals surface area contributed by atoms with Gasteiger partial charge in [-0.25, -0.2) is 0 Å². The number of rotatable bonds is 4. The normalized spacial score (nSPS) is 21.9. The molecule has 0 radical (unpaired) electrons. The quantitative estimate of drug-likeness (QED) is 0.509. The first-order valence-electron chi connectivity index (χ1n) is 12.3. The molecule has 1 aliphatic heterocycles. The molecule has 0 spiro atoms. The molecule has 0 saturated heterocycles. The number of aromatic nitrogens is 1. The van der Waals surface area contributed by atoms with Gasteiger partial charge in [0.2, 0.25) is 5.91 Å². The standard InChI is InChI=1S/C27H32ClN3O3/c1-18-14-22-24(34-18)15-23-25(32)31(16-19-10-8-9-13-21(19)28)27(2,17-30(22)23)26(33)29-20-11-6-4-3-5-7-12-20/h8-10,13-15,20H,3-7,11-12,16-17H2,1-2H3,(H,29,33). The largest absolute Gasteiger partial charge is 0.460 e. The van der Waals surface area contributed by atoms with E-state index in [0.29, 0.717) is 22.8 Å². The van der Waals surface area contributed by atoms with Crippen LogP contribution in [0.5, 0.6) is 0 Å². The minimum absolute atomic E-state index is 0.105. The zero-order valence-corrected chi connectivity index (χ0v) is 20.7. The number of amides is 2. The highest BCUT2D eigenvalue weighted by Gasteiger charge is 2.48. The number of aryl methyl sites for hydroxylation is 1. The molecule has 180 valence electrons. The van der Waals surface area contributed by atoms with Gasteiger partial charge in [0.15, 0.2) is 5.58 Å². The van der Waals surface area contributed by atoms with E-state index in [0.717, 1.165) is 42.5 Å². The topological polar surface area (TPSA) is 67.5 Å². The van der Waals surface area contributed by atoms with Crippen molar-refractivity contribution in [3.8, 4) is 0 Å². The molecule has 0 bridgehead atoms. The molecule has 2 aromatic heterocycles. The molecule has 5 rings (SSSR count). The number of benzene rings is 1. The van der Waals surface area contributed by atoms with Crippen LogP contribution in [0, 0.1) is 6.92 Å². The number of halogens is 1. The Balaban J connectivity index is 1.52. The van der Waals surface area contributed by atoms with Gasteiger partial charge in [-0.15, -0.1) is 0 Å². The summed E-state index contributed by atoms with van der Waals surface area (Å²) in [7, 11) is 0. The Bertz CT molecular complexity index is 1220. The Kier molecular flexibility index (Phi) is 6.19. The van der Waals surface area contributed by atoms with Crippen molar-refractivity contribution in [3.05, 3.63) is 58.4 Å². The maximum Gasteiger partial charge on any atom is 0.271 e. The van der Waals surface area contributed by atoms with Gasteiger partial charge in [-0.05, 0) is 38.3 Å². The van der Waals surface area contributed by atoms with Gasteiger partial charge in [-0.2, -0.15) is 0 Å². The fourth-order valence-corrected chi connectivity index (χ4v) is 5.64. The van der Waals surface area contributed by atoms with Crippen molar-refractivity contribution in [1.82, 2.24) is 14.8 Å². The molecule has 2 amide bonds. The van der Waals surface area contributed by atoms with Gasteiger partial charge in [0, 0.05) is 29.7 Å². The lowest BCUT2D eigenvalue weighted by Crippen LogP contribution is -2.64. The van der Waals surface area contributed by atoms with Gasteiger partial charge in [0.1, 0.15) is 17.0 Å². The molecule has 34 heavy (non-hydrogen) atoms. The van der Waals surface area contributed by atoms with Gasteiger partial charge < -0.3 is 19.2 Å². The van der Waals surface area contributed by atoms with Crippen LogP contribution >= 0.6 is 11.6 Å². The first-order chi connectivity index (χ1) is 16.4. The molecule has 3 heterocycles. The Morgan fingerprint density at radius 3 is 2.59 bits per heavy atom. The third kappa shape index (κ3) is 4.13. The van der Waals surface area contributed by atoms with Gasteiger partial charge in [0.05, 0.1) is 12.1 Å². The van der Waals surface area contributed by atoms with Crippen LogP contribution in [0.25, 0.3) is 11.1 Å². The van der Waals surface area contributed by atoms with Crippen LogP contribution in [-0.2, 0) is 17.9 Å². The van der Waals surface area contributed by atoms with Crippen molar-refractivity contribution < 1.29 is 14.0 Å². The van der Waals surface area contributed by atoms with E-state index >= 15 is 0 Å². The summed E-state index contributed by atoms with van der Waals surface area (Å²) in [6.07, 6.45) is 7.92. The monoisotopic (exact) mass is 481 g/mol. The van der Waals surface area contributed by atoms with E-state index < -0.39 is 5.54 Å². The number of carbonyl (C=O) groups excluding carboxylic acids is 2. The van der Waals surface area contributed by atoms with E-state index in [1.807, 2.05) is 48.7 Å². The average Bonchev–Trinajstić information content (AvgIpc) is 3.30. The lowest BCUT2D eigenvalue weighted by Gasteiger charge is -2.44. The van der Waals surface area contributed by atoms with Crippen LogP contribution in [0.4, 0.5) is 0 Å². The summed E-state index contributed by atoms with van der Waals surface area (Å²) >= 11 is 6.46. The van der Waals surface area contributed by atoms with Crippen LogP contribution < -0.4 is 5.32 Å². The molecule has 2 aliphatic rings. The van der Waals surface area contributed by atoms with Crippen LogP contribution in [0.2, 0.25) is 5.02 Å². The van der Waals surface area contributed by atoms with Crippen molar-refractivity contribution in [2.75, 3.05) is 0 Å². The second-order valence-electron chi connectivity index (χ2n) is 9.99. The highest BCUT2D eigenvalue weighted by atomic mass is 35.5. The smallest absolute Gasteiger partial charge is 0.271 e. The number of carbonyl (C=O) groups is 2. The Labute approximate surface area is 205 Å². The fourth-order valence-electron chi connectivity index (χ4n) is 5.45. The Morgan fingerprint density at radius 1 is 1.15 bits per heavy atom. The van der Waals surface area contributed by atoms with Gasteiger partial charge in [0.25, 0.3) is 5.91 Å². The predicted molar refractivity (Wildman–Crippen MR) is 133 cm³/mol. The van der Waals surface area contributed by atoms with Crippen molar-refractivity contribution in [2.24, 2.45) is 0 Å². The van der Waals surface area contributed by atoms with Gasteiger partial charge >= 0.3 is 0 Å². The van der Waals surface area contributed by atoms with Crippen molar-refractivity contribution in [2.45, 2.75) is 83.5 Å². The van der Waals surface area contributed by atoms with E-state index in [2.05, 4.69) is 5.32 Å². The third-order valence-electron chi connectivity index (χ3n) is 7.45. The first-order valence-corrected chi connectivity index (χ1v) is 12.7. The van der Waals surface area contributed by atoms with E-state index in [9.17, 15) is 9.59 Å². The van der Waals surface area contributed by atoms with E-state index in [4.69, 9.17) is 16.0 Å². The second-order valence-corrected chi connectivity index (χ2v) is 10.4. The number of nitrogens with zero attached hydrogens (tertiary/aromatic N) is 2. The fraction of sp³-hybridized carbons (Fsp3) is 0.481. The number of fused-ring (bicyclic) bond motifs is 3. The Hall–Kier alpha value is -2.73. The highest BCUT2D eigenvalue weighted by Crippen LogP contribution is 2.35. The second kappa shape index (κ2) is 9.14. The van der Waals surface area contributed by atoms with Crippen LogP contribution in [0.1, 0.15) is 73.7 Å². The van der Waals surface area contributed by atoms with Crippen molar-refractivity contribution >= 4 is 34.5 Å². The van der Waals surface area contributed by atoms with E-state index in [1.165, 1.54) is 19.3 Å². The summed E-state index contributed by atoms with van der Waals surface area (Å²) < 4.78 is 7.74. The number of furan rings is 1. The van der Waals surface area contributed by atoms with Crippen LogP contribution in [0.15, 0.2) is 40.8 Å². The van der Waals surface area contributed by atoms with Gasteiger partial charge in [-0.3, -0.25) is 9.59 Å². The number of nitrogens with one attached hydrogen (secondary N) is 1. The molecular weight excluding hydrogens is 450 g/mol. The summed E-state index contributed by atoms with van der Waals surface area (Å²) in [5, 5.41) is 3.91. The molecule has 1 saturated carbocycles. The number of hydrogen-bond donors (Lipinski definition) is 1. The van der Waals surface area contributed by atoms with Gasteiger partial charge in [-0.1, -0.05) is 61.9 Å². The minimum Gasteiger partial charge on any atom is -0.460 e. The van der Waals surface area contributed by atoms with Crippen molar-refractivity contribution in [1.29, 1.82) is 0 Å². The maximum atomic E-state index is 13.9. The number of hydrogen-bond acceptors (Lipinski definition) is 3. The zero-order valence-electron chi connectivity index (χ0n) is 19.9. The minimum atomic E-state index is -1.07. The third-order valence-corrected chi connectivity index (χ3v) is 7.82. The highest BCUT2D eigenvalue weighted by molar-refractivity contribution is 6.31. The molecule has 1 atom stereocenters. The summed E-state index contributed by atoms with van der Waals surface area (Å²) in [5.74, 6) is 0.489. The lowest BCUT2D eigenvalue weighted by atomic mass is 9.91. The predicted octanol–water partition coefficient (Wildman–Crippen LogP) is 5.84. The molecular formula is C27H32ClN3O3. The van der Waals surface area contributed by atoms with Crippen LogP contribution in [0.3, 0.4) is 0 Å². The average molecular weight is 482 g/mol. The SMILES string of the molecule is Cc1cc2c(cc3n2CC(C)(C(=O)NC2CCCCCCC2)N(Cc2ccccc2Cl)C3=O)o1. The molecule has 3 aromatic rings. The molecule has 6 nitrogen and oxygen atoms in total. The van der Waals surface area contributed by atoms with Crippen LogP contribution in [-0.4, -0.2) is 32.9 Å². The van der Waals surface area contributed by atoms with Crippen molar-refractivity contribution in [3.63, 3.8) is 0 Å². The molecule has 7 heteroatoms. The molecule has 1 aromatic carbocycles. The lowest BCUT2D eigenvalue weighted by molar-refractivity contribution is -0.134.